The average molecular weight is 370 g/mol. The largest absolute Gasteiger partial charge is 0.350 e. The third-order valence-corrected chi connectivity index (χ3v) is 5.00. The third-order valence-electron chi connectivity index (χ3n) is 5.00. The zero-order valence-corrected chi connectivity index (χ0v) is 16.0. The summed E-state index contributed by atoms with van der Waals surface area (Å²) in [5.74, 6) is -0.506. The molecule has 1 aliphatic rings. The molecular formula is C24H22N2O2. The summed E-state index contributed by atoms with van der Waals surface area (Å²) in [6, 6.07) is 21.6. The van der Waals surface area contributed by atoms with Gasteiger partial charge in [-0.25, -0.2) is 0 Å². The SMILES string of the molecule is CCCN1C(=O)C(Nc2cccc3ccccc23)=C(c2ccc(C)cc2)C1=O. The number of hydrogen-bond acceptors (Lipinski definition) is 3. The van der Waals surface area contributed by atoms with E-state index in [1.54, 1.807) is 0 Å². The van der Waals surface area contributed by atoms with Crippen molar-refractivity contribution in [3.05, 3.63) is 83.6 Å². The first kappa shape index (κ1) is 18.0. The fourth-order valence-corrected chi connectivity index (χ4v) is 3.58. The second-order valence-corrected chi connectivity index (χ2v) is 7.03. The van der Waals surface area contributed by atoms with Crippen LogP contribution in [0.3, 0.4) is 0 Å². The highest BCUT2D eigenvalue weighted by Gasteiger charge is 2.38. The molecule has 3 aromatic rings. The molecule has 0 fully saturated rings. The van der Waals surface area contributed by atoms with Crippen molar-refractivity contribution in [2.24, 2.45) is 0 Å². The number of carbonyl (C=O) groups excluding carboxylic acids is 2. The van der Waals surface area contributed by atoms with E-state index in [1.807, 2.05) is 80.6 Å². The predicted octanol–water partition coefficient (Wildman–Crippen LogP) is 4.75. The number of amides is 2. The molecule has 0 aliphatic carbocycles. The minimum absolute atomic E-state index is 0.238. The maximum Gasteiger partial charge on any atom is 0.278 e. The molecule has 0 atom stereocenters. The molecule has 4 heteroatoms. The Balaban J connectivity index is 1.84. The summed E-state index contributed by atoms with van der Waals surface area (Å²) in [7, 11) is 0. The highest BCUT2D eigenvalue weighted by molar-refractivity contribution is 6.36. The molecule has 1 heterocycles. The Morgan fingerprint density at radius 1 is 0.857 bits per heavy atom. The molecule has 1 N–H and O–H groups in total. The minimum atomic E-state index is -0.268. The van der Waals surface area contributed by atoms with Gasteiger partial charge < -0.3 is 5.32 Å². The lowest BCUT2D eigenvalue weighted by molar-refractivity contribution is -0.136. The molecule has 0 radical (unpaired) electrons. The van der Waals surface area contributed by atoms with Crippen LogP contribution in [0.4, 0.5) is 5.69 Å². The maximum atomic E-state index is 13.1. The van der Waals surface area contributed by atoms with Crippen molar-refractivity contribution >= 4 is 33.8 Å². The molecule has 0 saturated heterocycles. The van der Waals surface area contributed by atoms with E-state index in [0.29, 0.717) is 17.8 Å². The first-order valence-electron chi connectivity index (χ1n) is 9.52. The number of nitrogens with one attached hydrogen (secondary N) is 1. The fraction of sp³-hybridized carbons (Fsp3) is 0.167. The number of aryl methyl sites for hydroxylation is 1. The predicted molar refractivity (Wildman–Crippen MR) is 113 cm³/mol. The van der Waals surface area contributed by atoms with Crippen molar-refractivity contribution in [1.29, 1.82) is 0 Å². The van der Waals surface area contributed by atoms with E-state index >= 15 is 0 Å². The molecule has 28 heavy (non-hydrogen) atoms. The number of nitrogens with zero attached hydrogens (tertiary/aromatic N) is 1. The maximum absolute atomic E-state index is 13.1. The van der Waals surface area contributed by atoms with E-state index in [-0.39, 0.29) is 11.8 Å². The van der Waals surface area contributed by atoms with Crippen LogP contribution in [0.1, 0.15) is 24.5 Å². The van der Waals surface area contributed by atoms with Gasteiger partial charge in [0.2, 0.25) is 0 Å². The Bertz CT molecular complexity index is 1090. The lowest BCUT2D eigenvalue weighted by Crippen LogP contribution is -2.33. The highest BCUT2D eigenvalue weighted by atomic mass is 16.2. The molecule has 140 valence electrons. The smallest absolute Gasteiger partial charge is 0.278 e. The van der Waals surface area contributed by atoms with Gasteiger partial charge in [0.1, 0.15) is 5.70 Å². The summed E-state index contributed by atoms with van der Waals surface area (Å²) in [4.78, 5) is 27.5. The number of rotatable bonds is 5. The Hall–Kier alpha value is -3.40. The third kappa shape index (κ3) is 3.07. The summed E-state index contributed by atoms with van der Waals surface area (Å²) < 4.78 is 0. The molecule has 4 nitrogen and oxygen atoms in total. The number of imide groups is 1. The van der Waals surface area contributed by atoms with E-state index in [4.69, 9.17) is 0 Å². The number of anilines is 1. The van der Waals surface area contributed by atoms with E-state index in [1.165, 1.54) is 4.90 Å². The monoisotopic (exact) mass is 370 g/mol. The Labute approximate surface area is 164 Å². The van der Waals surface area contributed by atoms with Crippen LogP contribution >= 0.6 is 0 Å². The summed E-state index contributed by atoms with van der Waals surface area (Å²) in [5, 5.41) is 5.37. The van der Waals surface area contributed by atoms with Crippen LogP contribution < -0.4 is 5.32 Å². The molecule has 3 aromatic carbocycles. The second-order valence-electron chi connectivity index (χ2n) is 7.03. The van der Waals surface area contributed by atoms with Gasteiger partial charge in [0.15, 0.2) is 0 Å². The quantitative estimate of drug-likeness (QED) is 0.660. The average Bonchev–Trinajstić information content (AvgIpc) is 2.94. The van der Waals surface area contributed by atoms with E-state index < -0.39 is 0 Å². The Morgan fingerprint density at radius 3 is 2.32 bits per heavy atom. The van der Waals surface area contributed by atoms with Gasteiger partial charge in [0, 0.05) is 17.6 Å². The van der Waals surface area contributed by atoms with Crippen molar-refractivity contribution < 1.29 is 9.59 Å². The van der Waals surface area contributed by atoms with Gasteiger partial charge in [-0.15, -0.1) is 0 Å². The van der Waals surface area contributed by atoms with Crippen molar-refractivity contribution in [2.45, 2.75) is 20.3 Å². The normalized spacial score (nSPS) is 14.3. The van der Waals surface area contributed by atoms with Crippen LogP contribution in [-0.4, -0.2) is 23.3 Å². The van der Waals surface area contributed by atoms with Crippen LogP contribution in [0.2, 0.25) is 0 Å². The van der Waals surface area contributed by atoms with Gasteiger partial charge in [0.05, 0.1) is 5.57 Å². The van der Waals surface area contributed by atoms with Crippen LogP contribution in [0.25, 0.3) is 16.3 Å². The topological polar surface area (TPSA) is 49.4 Å². The van der Waals surface area contributed by atoms with Crippen LogP contribution in [0, 0.1) is 6.92 Å². The van der Waals surface area contributed by atoms with Crippen LogP contribution in [0.5, 0.6) is 0 Å². The van der Waals surface area contributed by atoms with E-state index in [9.17, 15) is 9.59 Å². The number of benzene rings is 3. The van der Waals surface area contributed by atoms with Gasteiger partial charge >= 0.3 is 0 Å². The number of fused-ring (bicyclic) bond motifs is 1. The van der Waals surface area contributed by atoms with Crippen molar-refractivity contribution in [1.82, 2.24) is 4.90 Å². The molecule has 0 bridgehead atoms. The van der Waals surface area contributed by atoms with Crippen molar-refractivity contribution in [3.8, 4) is 0 Å². The van der Waals surface area contributed by atoms with E-state index in [0.717, 1.165) is 34.0 Å². The summed E-state index contributed by atoms with van der Waals surface area (Å²) in [5.41, 5.74) is 3.46. The molecule has 1 aliphatic heterocycles. The van der Waals surface area contributed by atoms with Crippen molar-refractivity contribution in [3.63, 3.8) is 0 Å². The lowest BCUT2D eigenvalue weighted by atomic mass is 10.0. The van der Waals surface area contributed by atoms with Crippen molar-refractivity contribution in [2.75, 3.05) is 11.9 Å². The molecular weight excluding hydrogens is 348 g/mol. The minimum Gasteiger partial charge on any atom is -0.350 e. The number of carbonyl (C=O) groups is 2. The molecule has 0 aromatic heterocycles. The van der Waals surface area contributed by atoms with Crippen LogP contribution in [-0.2, 0) is 9.59 Å². The van der Waals surface area contributed by atoms with Gasteiger partial charge in [-0.3, -0.25) is 14.5 Å². The Morgan fingerprint density at radius 2 is 1.57 bits per heavy atom. The van der Waals surface area contributed by atoms with Gasteiger partial charge in [-0.1, -0.05) is 73.2 Å². The molecule has 0 saturated carbocycles. The van der Waals surface area contributed by atoms with Gasteiger partial charge in [-0.2, -0.15) is 0 Å². The lowest BCUT2D eigenvalue weighted by Gasteiger charge is -2.14. The fourth-order valence-electron chi connectivity index (χ4n) is 3.58. The molecule has 0 spiro atoms. The zero-order chi connectivity index (χ0) is 19.7. The zero-order valence-electron chi connectivity index (χ0n) is 16.0. The second kappa shape index (κ2) is 7.31. The Kier molecular flexibility index (Phi) is 4.70. The molecule has 4 rings (SSSR count). The van der Waals surface area contributed by atoms with Gasteiger partial charge in [-0.05, 0) is 30.4 Å². The summed E-state index contributed by atoms with van der Waals surface area (Å²) in [6.45, 7) is 4.37. The molecule has 2 amide bonds. The number of hydrogen-bond donors (Lipinski definition) is 1. The first-order valence-corrected chi connectivity index (χ1v) is 9.52. The standard InChI is InChI=1S/C24H22N2O2/c1-3-15-26-23(27)21(18-13-11-16(2)12-14-18)22(24(26)28)25-20-10-6-8-17-7-4-5-9-19(17)20/h4-14,25H,3,15H2,1-2H3. The summed E-state index contributed by atoms with van der Waals surface area (Å²) >= 11 is 0. The first-order chi connectivity index (χ1) is 13.6. The highest BCUT2D eigenvalue weighted by Crippen LogP contribution is 2.32. The molecule has 0 unspecified atom stereocenters. The summed E-state index contributed by atoms with van der Waals surface area (Å²) in [6.07, 6.45) is 0.722. The van der Waals surface area contributed by atoms with Crippen LogP contribution in [0.15, 0.2) is 72.4 Å². The van der Waals surface area contributed by atoms with E-state index in [2.05, 4.69) is 5.32 Å². The van der Waals surface area contributed by atoms with Gasteiger partial charge in [0.25, 0.3) is 11.8 Å².